The zero-order valence-electron chi connectivity index (χ0n) is 13.3. The molecule has 0 amide bonds. The summed E-state index contributed by atoms with van der Waals surface area (Å²) in [6, 6.07) is 6.57. The average molecular weight is 342 g/mol. The van der Waals surface area contributed by atoms with Crippen LogP contribution in [0.5, 0.6) is 0 Å². The van der Waals surface area contributed by atoms with E-state index in [0.29, 0.717) is 19.7 Å². The van der Waals surface area contributed by atoms with Gasteiger partial charge < -0.3 is 4.74 Å². The van der Waals surface area contributed by atoms with Gasteiger partial charge in [0.15, 0.2) is 0 Å². The second-order valence-corrected chi connectivity index (χ2v) is 8.42. The van der Waals surface area contributed by atoms with Crippen LogP contribution in [0.15, 0.2) is 24.3 Å². The predicted octanol–water partition coefficient (Wildman–Crippen LogP) is 1.31. The number of halogens is 1. The standard InChI is InChI=1S/C16H23FN2O3S/c1-23(20,21)19-8-9-22-16-12-18(7-6-14(16)11-19)10-13-2-4-15(17)5-3-13/h2-5,14,16H,6-12H2,1H3/t14-,16-/m1/s1. The van der Waals surface area contributed by atoms with Crippen molar-refractivity contribution in [2.45, 2.75) is 19.1 Å². The number of hydrogen-bond acceptors (Lipinski definition) is 4. The number of nitrogens with zero attached hydrogens (tertiary/aromatic N) is 2. The van der Waals surface area contributed by atoms with E-state index in [1.165, 1.54) is 22.7 Å². The summed E-state index contributed by atoms with van der Waals surface area (Å²) in [6.45, 7) is 3.89. The lowest BCUT2D eigenvalue weighted by Gasteiger charge is -2.37. The van der Waals surface area contributed by atoms with E-state index in [1.807, 2.05) is 0 Å². The number of hydrogen-bond donors (Lipinski definition) is 0. The third-order valence-electron chi connectivity index (χ3n) is 4.68. The van der Waals surface area contributed by atoms with Gasteiger partial charge in [-0.05, 0) is 30.7 Å². The van der Waals surface area contributed by atoms with Crippen molar-refractivity contribution in [1.29, 1.82) is 0 Å². The normalized spacial score (nSPS) is 27.4. The Morgan fingerprint density at radius 1 is 1.22 bits per heavy atom. The van der Waals surface area contributed by atoms with Crippen molar-refractivity contribution in [3.05, 3.63) is 35.6 Å². The van der Waals surface area contributed by atoms with Gasteiger partial charge >= 0.3 is 0 Å². The molecule has 0 aromatic heterocycles. The molecule has 23 heavy (non-hydrogen) atoms. The zero-order valence-corrected chi connectivity index (χ0v) is 14.1. The Balaban J connectivity index is 1.61. The Bertz CT molecular complexity index is 635. The number of sulfonamides is 1. The molecule has 2 fully saturated rings. The quantitative estimate of drug-likeness (QED) is 0.831. The molecule has 0 spiro atoms. The minimum absolute atomic E-state index is 0.0657. The van der Waals surface area contributed by atoms with Crippen molar-refractivity contribution in [3.8, 4) is 0 Å². The fourth-order valence-corrected chi connectivity index (χ4v) is 4.25. The van der Waals surface area contributed by atoms with Crippen LogP contribution < -0.4 is 0 Å². The van der Waals surface area contributed by atoms with E-state index in [1.54, 1.807) is 12.1 Å². The van der Waals surface area contributed by atoms with Gasteiger partial charge in [0.1, 0.15) is 5.82 Å². The van der Waals surface area contributed by atoms with Gasteiger partial charge in [-0.2, -0.15) is 4.31 Å². The van der Waals surface area contributed by atoms with Crippen molar-refractivity contribution in [2.75, 3.05) is 39.0 Å². The third-order valence-corrected chi connectivity index (χ3v) is 5.95. The van der Waals surface area contributed by atoms with E-state index in [9.17, 15) is 12.8 Å². The molecule has 2 atom stereocenters. The second-order valence-electron chi connectivity index (χ2n) is 6.44. The molecule has 2 saturated heterocycles. The fourth-order valence-electron chi connectivity index (χ4n) is 3.38. The first kappa shape index (κ1) is 16.8. The molecule has 0 bridgehead atoms. The van der Waals surface area contributed by atoms with Crippen molar-refractivity contribution < 1.29 is 17.5 Å². The van der Waals surface area contributed by atoms with Crippen LogP contribution in [0.4, 0.5) is 4.39 Å². The van der Waals surface area contributed by atoms with E-state index in [4.69, 9.17) is 4.74 Å². The summed E-state index contributed by atoms with van der Waals surface area (Å²) in [5.74, 6) is 0.0251. The van der Waals surface area contributed by atoms with Crippen molar-refractivity contribution in [2.24, 2.45) is 5.92 Å². The van der Waals surface area contributed by atoms with Crippen molar-refractivity contribution >= 4 is 10.0 Å². The molecule has 1 aromatic rings. The van der Waals surface area contributed by atoms with Gasteiger partial charge in [-0.25, -0.2) is 12.8 Å². The highest BCUT2D eigenvalue weighted by atomic mass is 32.2. The average Bonchev–Trinajstić information content (AvgIpc) is 2.71. The first-order valence-electron chi connectivity index (χ1n) is 7.95. The van der Waals surface area contributed by atoms with Crippen LogP contribution in [0.3, 0.4) is 0 Å². The first-order valence-corrected chi connectivity index (χ1v) is 9.80. The van der Waals surface area contributed by atoms with Gasteiger partial charge in [0.05, 0.1) is 19.0 Å². The molecule has 2 aliphatic rings. The third kappa shape index (κ3) is 4.29. The van der Waals surface area contributed by atoms with Crippen molar-refractivity contribution in [1.82, 2.24) is 9.21 Å². The van der Waals surface area contributed by atoms with E-state index in [0.717, 1.165) is 31.6 Å². The van der Waals surface area contributed by atoms with Crippen LogP contribution >= 0.6 is 0 Å². The molecular formula is C16H23FN2O3S. The summed E-state index contributed by atoms with van der Waals surface area (Å²) in [4.78, 5) is 2.30. The summed E-state index contributed by atoms with van der Waals surface area (Å²) in [6.07, 6.45) is 2.24. The molecule has 0 radical (unpaired) electrons. The first-order chi connectivity index (χ1) is 10.9. The Morgan fingerprint density at radius 2 is 1.96 bits per heavy atom. The van der Waals surface area contributed by atoms with Gasteiger partial charge in [-0.15, -0.1) is 0 Å². The molecule has 0 aliphatic carbocycles. The molecule has 0 N–H and O–H groups in total. The Kier molecular flexibility index (Phi) is 5.01. The molecule has 0 saturated carbocycles. The molecule has 1 aromatic carbocycles. The summed E-state index contributed by atoms with van der Waals surface area (Å²) >= 11 is 0. The Morgan fingerprint density at radius 3 is 2.65 bits per heavy atom. The van der Waals surface area contributed by atoms with Gasteiger partial charge in [-0.3, -0.25) is 4.90 Å². The number of rotatable bonds is 3. The smallest absolute Gasteiger partial charge is 0.211 e. The van der Waals surface area contributed by atoms with Crippen LogP contribution in [-0.4, -0.2) is 62.8 Å². The number of fused-ring (bicyclic) bond motifs is 1. The van der Waals surface area contributed by atoms with Crippen LogP contribution in [0.2, 0.25) is 0 Å². The van der Waals surface area contributed by atoms with Crippen LogP contribution in [0.1, 0.15) is 12.0 Å². The SMILES string of the molecule is CS(=O)(=O)N1CCO[C@@H]2CN(Cc3ccc(F)cc3)CC[C@@H]2C1. The highest BCUT2D eigenvalue weighted by Gasteiger charge is 2.35. The van der Waals surface area contributed by atoms with Gasteiger partial charge in [-0.1, -0.05) is 12.1 Å². The second kappa shape index (κ2) is 6.84. The van der Waals surface area contributed by atoms with Crippen LogP contribution in [0.25, 0.3) is 0 Å². The van der Waals surface area contributed by atoms with E-state index < -0.39 is 10.0 Å². The van der Waals surface area contributed by atoms with Crippen LogP contribution in [-0.2, 0) is 21.3 Å². The summed E-state index contributed by atoms with van der Waals surface area (Å²) in [5, 5.41) is 0. The van der Waals surface area contributed by atoms with Gasteiger partial charge in [0.25, 0.3) is 0 Å². The van der Waals surface area contributed by atoms with Crippen molar-refractivity contribution in [3.63, 3.8) is 0 Å². The largest absolute Gasteiger partial charge is 0.375 e. The highest BCUT2D eigenvalue weighted by molar-refractivity contribution is 7.88. The lowest BCUT2D eigenvalue weighted by atomic mass is 9.93. The molecule has 128 valence electrons. The van der Waals surface area contributed by atoms with E-state index >= 15 is 0 Å². The zero-order chi connectivity index (χ0) is 16.4. The van der Waals surface area contributed by atoms with Crippen LogP contribution in [0, 0.1) is 11.7 Å². The van der Waals surface area contributed by atoms with Gasteiger partial charge in [0.2, 0.25) is 10.0 Å². The minimum atomic E-state index is -3.16. The molecule has 0 unspecified atom stereocenters. The molecule has 2 heterocycles. The summed E-state index contributed by atoms with van der Waals surface area (Å²) in [5.41, 5.74) is 1.08. The topological polar surface area (TPSA) is 49.9 Å². The monoisotopic (exact) mass is 342 g/mol. The Labute approximate surface area is 137 Å². The lowest BCUT2D eigenvalue weighted by Crippen LogP contribution is -2.47. The summed E-state index contributed by atoms with van der Waals surface area (Å²) < 4.78 is 44.0. The maximum Gasteiger partial charge on any atom is 0.211 e. The number of ether oxygens (including phenoxy) is 1. The molecule has 7 heteroatoms. The van der Waals surface area contributed by atoms with Gasteiger partial charge in [0, 0.05) is 32.1 Å². The number of benzene rings is 1. The highest BCUT2D eigenvalue weighted by Crippen LogP contribution is 2.26. The molecule has 2 aliphatic heterocycles. The van der Waals surface area contributed by atoms with E-state index in [-0.39, 0.29) is 17.8 Å². The predicted molar refractivity (Wildman–Crippen MR) is 85.9 cm³/mol. The molecular weight excluding hydrogens is 319 g/mol. The maximum atomic E-state index is 13.0. The molecule has 3 rings (SSSR count). The van der Waals surface area contributed by atoms with E-state index in [2.05, 4.69) is 4.90 Å². The lowest BCUT2D eigenvalue weighted by molar-refractivity contribution is -0.0240. The minimum Gasteiger partial charge on any atom is -0.375 e. The number of piperidine rings is 1. The number of likely N-dealkylation sites (tertiary alicyclic amines) is 1. The maximum absolute atomic E-state index is 13.0. The Hall–Kier alpha value is -1.02. The molecule has 5 nitrogen and oxygen atoms in total. The summed E-state index contributed by atoms with van der Waals surface area (Å²) in [7, 11) is -3.16. The fraction of sp³-hybridized carbons (Fsp3) is 0.625.